The van der Waals surface area contributed by atoms with E-state index in [2.05, 4.69) is 10.3 Å². The largest absolute Gasteiger partial charge is 0.507 e. The fraction of sp³-hybridized carbons (Fsp3) is 0.282. The van der Waals surface area contributed by atoms with Crippen molar-refractivity contribution in [1.29, 1.82) is 0 Å². The predicted molar refractivity (Wildman–Crippen MR) is 188 cm³/mol. The molecule has 0 bridgehead atoms. The number of benzene rings is 4. The molecule has 0 saturated carbocycles. The van der Waals surface area contributed by atoms with Gasteiger partial charge in [-0.2, -0.15) is 8.42 Å². The van der Waals surface area contributed by atoms with E-state index in [1.165, 1.54) is 24.3 Å². The number of ketones is 2. The van der Waals surface area contributed by atoms with Crippen LogP contribution >= 0.6 is 0 Å². The third-order valence-corrected chi connectivity index (χ3v) is 9.97. The number of phenols is 1. The van der Waals surface area contributed by atoms with E-state index in [-0.39, 0.29) is 44.9 Å². The average Bonchev–Trinajstić information content (AvgIpc) is 3.25. The molecule has 0 spiro atoms. The van der Waals surface area contributed by atoms with Crippen LogP contribution in [0, 0.1) is 0 Å². The van der Waals surface area contributed by atoms with Gasteiger partial charge in [0, 0.05) is 29.0 Å². The summed E-state index contributed by atoms with van der Waals surface area (Å²) in [7, 11) is -4.45. The number of rotatable bonds is 6. The van der Waals surface area contributed by atoms with Gasteiger partial charge in [0.1, 0.15) is 11.4 Å². The van der Waals surface area contributed by atoms with Crippen molar-refractivity contribution in [2.45, 2.75) is 76.0 Å². The number of hydrogen-bond acceptors (Lipinski definition) is 6. The minimum Gasteiger partial charge on any atom is -0.507 e. The van der Waals surface area contributed by atoms with Gasteiger partial charge in [0.15, 0.2) is 23.2 Å². The van der Waals surface area contributed by atoms with Crippen molar-refractivity contribution in [3.8, 4) is 5.75 Å². The summed E-state index contributed by atoms with van der Waals surface area (Å²) < 4.78 is 32.8. The van der Waals surface area contributed by atoms with Gasteiger partial charge in [0.05, 0.1) is 4.90 Å². The number of hydrogen-bond donors (Lipinski definition) is 3. The van der Waals surface area contributed by atoms with Crippen LogP contribution in [-0.2, 0) is 32.2 Å². The van der Waals surface area contributed by atoms with Gasteiger partial charge in [-0.25, -0.2) is 4.98 Å². The Morgan fingerprint density at radius 1 is 0.796 bits per heavy atom. The molecule has 9 nitrogen and oxygen atoms in total. The minimum atomic E-state index is -4.45. The van der Waals surface area contributed by atoms with E-state index in [0.717, 1.165) is 22.1 Å². The van der Waals surface area contributed by atoms with E-state index < -0.39 is 27.6 Å². The molecule has 1 aromatic heterocycles. The Kier molecular flexibility index (Phi) is 8.24. The summed E-state index contributed by atoms with van der Waals surface area (Å²) in [5.41, 5.74) is 3.86. The molecule has 1 amide bonds. The number of aromatic amines is 1. The number of nitrogens with one attached hydrogen (secondary N) is 2. The van der Waals surface area contributed by atoms with Crippen molar-refractivity contribution in [2.24, 2.45) is 0 Å². The van der Waals surface area contributed by atoms with Crippen LogP contribution in [0.2, 0.25) is 0 Å². The molecular weight excluding hydrogens is 641 g/mol. The van der Waals surface area contributed by atoms with Crippen molar-refractivity contribution >= 4 is 55.0 Å². The van der Waals surface area contributed by atoms with Gasteiger partial charge in [-0.05, 0) is 87.2 Å². The number of aromatic nitrogens is 1. The van der Waals surface area contributed by atoms with Crippen molar-refractivity contribution < 1.29 is 37.4 Å². The van der Waals surface area contributed by atoms with E-state index in [0.29, 0.717) is 34.1 Å². The highest BCUT2D eigenvalue weighted by Crippen LogP contribution is 2.40. The molecule has 0 radical (unpaired) electrons. The van der Waals surface area contributed by atoms with Gasteiger partial charge in [-0.3, -0.25) is 18.9 Å². The van der Waals surface area contributed by atoms with Crippen molar-refractivity contribution in [3.05, 3.63) is 106 Å². The molecule has 0 saturated heterocycles. The summed E-state index contributed by atoms with van der Waals surface area (Å²) in [4.78, 5) is 43.5. The molecule has 1 aliphatic rings. The number of carbonyl (C=O) groups is 3. The number of carbonyl (C=O) groups excluding carboxylic acids is 3. The molecule has 4 N–H and O–H groups in total. The molecule has 10 heteroatoms. The third-order valence-electron chi connectivity index (χ3n) is 9.12. The summed E-state index contributed by atoms with van der Waals surface area (Å²) >= 11 is 0. The van der Waals surface area contributed by atoms with E-state index >= 15 is 0 Å². The summed E-state index contributed by atoms with van der Waals surface area (Å²) in [6.07, 6.45) is 0.650. The Labute approximate surface area is 285 Å². The van der Waals surface area contributed by atoms with E-state index in [1.54, 1.807) is 24.3 Å². The van der Waals surface area contributed by atoms with Crippen molar-refractivity contribution in [3.63, 3.8) is 0 Å². The molecule has 1 aliphatic carbocycles. The normalized spacial score (nSPS) is 15.2. The number of phenolic OH excluding ortho intramolecular Hbond substituents is 1. The zero-order valence-electron chi connectivity index (χ0n) is 28.3. The monoisotopic (exact) mass is 679 g/mol. The van der Waals surface area contributed by atoms with Crippen LogP contribution in [-0.4, -0.2) is 35.6 Å². The number of anilines is 1. The summed E-state index contributed by atoms with van der Waals surface area (Å²) in [5, 5.41) is 15.8. The van der Waals surface area contributed by atoms with Gasteiger partial charge in [-0.15, -0.1) is 0 Å². The number of pyridine rings is 1. The highest BCUT2D eigenvalue weighted by Gasteiger charge is 2.43. The lowest BCUT2D eigenvalue weighted by Crippen LogP contribution is -2.24. The topological polar surface area (TPSA) is 152 Å². The van der Waals surface area contributed by atoms with Crippen LogP contribution in [0.15, 0.2) is 77.7 Å². The lowest BCUT2D eigenvalue weighted by Gasteiger charge is -2.28. The molecule has 0 aliphatic heterocycles. The Balaban J connectivity index is 1.27. The van der Waals surface area contributed by atoms with E-state index in [4.69, 9.17) is 0 Å². The number of H-pyrrole nitrogens is 1. The Bertz CT molecular complexity index is 2300. The fourth-order valence-electron chi connectivity index (χ4n) is 6.50. The van der Waals surface area contributed by atoms with E-state index in [1.807, 2.05) is 65.8 Å². The van der Waals surface area contributed by atoms with Gasteiger partial charge in [0.2, 0.25) is 11.4 Å². The maximum absolute atomic E-state index is 13.7. The van der Waals surface area contributed by atoms with Crippen LogP contribution in [0.4, 0.5) is 5.69 Å². The van der Waals surface area contributed by atoms with Crippen LogP contribution in [0.1, 0.15) is 97.0 Å². The number of amides is 1. The Morgan fingerprint density at radius 3 is 1.98 bits per heavy atom. The van der Waals surface area contributed by atoms with Crippen molar-refractivity contribution in [1.82, 2.24) is 0 Å². The smallest absolute Gasteiger partial charge is 0.294 e. The average molecular weight is 680 g/mol. The van der Waals surface area contributed by atoms with E-state index in [9.17, 15) is 32.5 Å². The molecule has 1 heterocycles. The number of aromatic hydroxyl groups is 1. The number of fused-ring (bicyclic) bond motifs is 3. The van der Waals surface area contributed by atoms with Gasteiger partial charge in [-0.1, -0.05) is 65.8 Å². The predicted octanol–water partition coefficient (Wildman–Crippen LogP) is 7.09. The SMILES string of the molecule is CC(C)(C)c1cc(CCC(=O)Nc2cccc3ccc(C4C(=O)c5cc6ccc(S(=O)(=O)O)cc6cc5C4=O)[nH+]c23)cc(C(C)(C)C)c1O. The van der Waals surface area contributed by atoms with Crippen LogP contribution in [0.5, 0.6) is 5.75 Å². The van der Waals surface area contributed by atoms with Gasteiger partial charge < -0.3 is 10.4 Å². The zero-order valence-corrected chi connectivity index (χ0v) is 29.1. The second-order valence-electron chi connectivity index (χ2n) is 14.8. The maximum Gasteiger partial charge on any atom is 0.294 e. The van der Waals surface area contributed by atoms with Crippen LogP contribution < -0.4 is 10.3 Å². The first kappa shape index (κ1) is 34.0. The standard InChI is InChI=1S/C39H38N2O7S/c1-38(2,3)28-16-21(17-29(37(28)45)39(4,5)6)10-15-32(42)40-31-9-7-8-22-12-14-30(41-34(22)31)33-35(43)26-19-23-11-13-25(49(46,47)48)18-24(23)20-27(26)36(33)44/h7-9,11-14,16-20,33,45H,10,15H2,1-6H3,(H,40,42)(H,46,47,48)/p+1. The summed E-state index contributed by atoms with van der Waals surface area (Å²) in [5.74, 6) is -1.91. The molecule has 6 rings (SSSR count). The van der Waals surface area contributed by atoms with Gasteiger partial charge in [0.25, 0.3) is 10.1 Å². The molecule has 49 heavy (non-hydrogen) atoms. The second kappa shape index (κ2) is 11.9. The Hall–Kier alpha value is -4.93. The molecule has 1 atom stereocenters. The van der Waals surface area contributed by atoms with Crippen molar-refractivity contribution in [2.75, 3.05) is 5.32 Å². The molecule has 0 fully saturated rings. The second-order valence-corrected chi connectivity index (χ2v) is 16.2. The van der Waals surface area contributed by atoms with Crippen LogP contribution in [0.25, 0.3) is 21.7 Å². The molecule has 4 aromatic carbocycles. The lowest BCUT2D eigenvalue weighted by atomic mass is 9.78. The number of aryl methyl sites for hydroxylation is 1. The third kappa shape index (κ3) is 6.46. The number of Topliss-reactive ketones (excluding diaryl/α,β-unsaturated/α-hetero) is 2. The van der Waals surface area contributed by atoms with Gasteiger partial charge >= 0.3 is 0 Å². The summed E-state index contributed by atoms with van der Waals surface area (Å²) in [6, 6.07) is 19.9. The fourth-order valence-corrected chi connectivity index (χ4v) is 7.01. The molecule has 252 valence electrons. The Morgan fingerprint density at radius 2 is 1.39 bits per heavy atom. The first-order chi connectivity index (χ1) is 22.8. The number of para-hydroxylation sites is 1. The van der Waals surface area contributed by atoms with Crippen LogP contribution in [0.3, 0.4) is 0 Å². The lowest BCUT2D eigenvalue weighted by molar-refractivity contribution is -0.356. The molecule has 1 unspecified atom stereocenters. The first-order valence-corrected chi connectivity index (χ1v) is 17.5. The molecule has 5 aromatic rings. The maximum atomic E-state index is 13.7. The highest BCUT2D eigenvalue weighted by atomic mass is 32.2. The minimum absolute atomic E-state index is 0.170. The molecular formula is C39H39N2O7S+. The first-order valence-electron chi connectivity index (χ1n) is 16.1. The quantitative estimate of drug-likeness (QED) is 0.128. The highest BCUT2D eigenvalue weighted by molar-refractivity contribution is 7.85. The zero-order chi connectivity index (χ0) is 35.6. The summed E-state index contributed by atoms with van der Waals surface area (Å²) in [6.45, 7) is 12.3.